The van der Waals surface area contributed by atoms with Gasteiger partial charge >= 0.3 is 5.97 Å². The van der Waals surface area contributed by atoms with E-state index < -0.39 is 0 Å². The van der Waals surface area contributed by atoms with Crippen LogP contribution in [0.3, 0.4) is 0 Å². The molecule has 0 bridgehead atoms. The number of para-hydroxylation sites is 1. The van der Waals surface area contributed by atoms with Crippen LogP contribution >= 0.6 is 0 Å². The summed E-state index contributed by atoms with van der Waals surface area (Å²) in [6.45, 7) is 0.542. The van der Waals surface area contributed by atoms with E-state index in [4.69, 9.17) is 9.47 Å². The molecule has 0 aromatic heterocycles. The monoisotopic (exact) mass is 358 g/mol. The van der Waals surface area contributed by atoms with Crippen LogP contribution in [0.15, 0.2) is 84.9 Å². The van der Waals surface area contributed by atoms with Crippen molar-refractivity contribution in [2.75, 3.05) is 7.11 Å². The number of rotatable bonds is 7. The van der Waals surface area contributed by atoms with Gasteiger partial charge in [0, 0.05) is 5.56 Å². The van der Waals surface area contributed by atoms with Crippen LogP contribution in [0.4, 0.5) is 0 Å². The Hall–Kier alpha value is -3.33. The van der Waals surface area contributed by atoms with Gasteiger partial charge in [-0.25, -0.2) is 4.79 Å². The lowest BCUT2D eigenvalue weighted by molar-refractivity contribution is 0.0600. The van der Waals surface area contributed by atoms with Gasteiger partial charge in [0.25, 0.3) is 0 Å². The lowest BCUT2D eigenvalue weighted by Gasteiger charge is -2.09. The molecular weight excluding hydrogens is 336 g/mol. The highest BCUT2D eigenvalue weighted by Gasteiger charge is 2.04. The van der Waals surface area contributed by atoms with E-state index in [0.717, 1.165) is 28.9 Å². The molecule has 0 unspecified atom stereocenters. The summed E-state index contributed by atoms with van der Waals surface area (Å²) in [6.07, 6.45) is 4.93. The Balaban J connectivity index is 1.62. The summed E-state index contributed by atoms with van der Waals surface area (Å²) in [5.41, 5.74) is 3.87. The van der Waals surface area contributed by atoms with Gasteiger partial charge in [-0.1, -0.05) is 72.8 Å². The van der Waals surface area contributed by atoms with Crippen LogP contribution in [0.2, 0.25) is 0 Å². The van der Waals surface area contributed by atoms with Crippen LogP contribution in [0.1, 0.15) is 27.0 Å². The fraction of sp³-hybridized carbons (Fsp3) is 0.125. The molecule has 3 aromatic carbocycles. The van der Waals surface area contributed by atoms with E-state index in [2.05, 4.69) is 24.3 Å². The number of carbonyl (C=O) groups excluding carboxylic acids is 1. The van der Waals surface area contributed by atoms with Crippen LogP contribution in [0.25, 0.3) is 6.08 Å². The first kappa shape index (κ1) is 18.5. The molecule has 0 spiro atoms. The third-order valence-corrected chi connectivity index (χ3v) is 4.18. The van der Waals surface area contributed by atoms with Crippen molar-refractivity contribution in [2.45, 2.75) is 13.0 Å². The normalized spacial score (nSPS) is 10.7. The van der Waals surface area contributed by atoms with Gasteiger partial charge in [-0.15, -0.1) is 0 Å². The molecule has 0 saturated heterocycles. The van der Waals surface area contributed by atoms with Gasteiger partial charge in [-0.3, -0.25) is 0 Å². The first-order valence-corrected chi connectivity index (χ1v) is 8.86. The van der Waals surface area contributed by atoms with E-state index in [9.17, 15) is 4.79 Å². The molecule has 0 amide bonds. The molecule has 0 aliphatic carbocycles. The molecule has 0 radical (unpaired) electrons. The predicted octanol–water partition coefficient (Wildman–Crippen LogP) is 5.31. The van der Waals surface area contributed by atoms with Gasteiger partial charge in [0.1, 0.15) is 12.4 Å². The van der Waals surface area contributed by atoms with Crippen molar-refractivity contribution in [2.24, 2.45) is 0 Å². The van der Waals surface area contributed by atoms with Crippen LogP contribution < -0.4 is 4.74 Å². The van der Waals surface area contributed by atoms with Crippen LogP contribution in [-0.4, -0.2) is 13.1 Å². The second-order valence-corrected chi connectivity index (χ2v) is 6.11. The average Bonchev–Trinajstić information content (AvgIpc) is 2.74. The zero-order chi connectivity index (χ0) is 18.9. The van der Waals surface area contributed by atoms with Crippen molar-refractivity contribution in [3.63, 3.8) is 0 Å². The molecule has 0 aliphatic heterocycles. The zero-order valence-corrected chi connectivity index (χ0v) is 15.3. The minimum Gasteiger partial charge on any atom is -0.488 e. The maximum atomic E-state index is 11.5. The van der Waals surface area contributed by atoms with Crippen LogP contribution in [-0.2, 0) is 17.8 Å². The third-order valence-electron chi connectivity index (χ3n) is 4.18. The molecule has 136 valence electrons. The fourth-order valence-corrected chi connectivity index (χ4v) is 2.70. The quantitative estimate of drug-likeness (QED) is 0.537. The molecular formula is C24H22O3. The van der Waals surface area contributed by atoms with E-state index in [1.165, 1.54) is 7.11 Å². The zero-order valence-electron chi connectivity index (χ0n) is 15.3. The van der Waals surface area contributed by atoms with E-state index in [0.29, 0.717) is 12.2 Å². The lowest BCUT2D eigenvalue weighted by atomic mass is 10.1. The molecule has 27 heavy (non-hydrogen) atoms. The van der Waals surface area contributed by atoms with Crippen LogP contribution in [0, 0.1) is 0 Å². The SMILES string of the molecule is COC(=O)c1ccc(C/C=C/c2ccccc2OCc2ccccc2)cc1. The highest BCUT2D eigenvalue weighted by Crippen LogP contribution is 2.21. The Kier molecular flexibility index (Phi) is 6.42. The summed E-state index contributed by atoms with van der Waals surface area (Å²) < 4.78 is 10.7. The molecule has 0 fully saturated rings. The van der Waals surface area contributed by atoms with Crippen molar-refractivity contribution in [1.29, 1.82) is 0 Å². The number of benzene rings is 3. The first-order valence-electron chi connectivity index (χ1n) is 8.86. The fourth-order valence-electron chi connectivity index (χ4n) is 2.70. The molecule has 3 aromatic rings. The molecule has 3 nitrogen and oxygen atoms in total. The number of esters is 1. The van der Waals surface area contributed by atoms with E-state index >= 15 is 0 Å². The van der Waals surface area contributed by atoms with Crippen molar-refractivity contribution < 1.29 is 14.3 Å². The Morgan fingerprint density at radius 1 is 0.852 bits per heavy atom. The second-order valence-electron chi connectivity index (χ2n) is 6.11. The maximum Gasteiger partial charge on any atom is 0.337 e. The van der Waals surface area contributed by atoms with E-state index in [1.54, 1.807) is 12.1 Å². The average molecular weight is 358 g/mol. The topological polar surface area (TPSA) is 35.5 Å². The highest BCUT2D eigenvalue weighted by atomic mass is 16.5. The summed E-state index contributed by atoms with van der Waals surface area (Å²) in [5, 5.41) is 0. The van der Waals surface area contributed by atoms with Crippen molar-refractivity contribution >= 4 is 12.0 Å². The van der Waals surface area contributed by atoms with Crippen LogP contribution in [0.5, 0.6) is 5.75 Å². The maximum absolute atomic E-state index is 11.5. The summed E-state index contributed by atoms with van der Waals surface area (Å²) in [6, 6.07) is 25.6. The van der Waals surface area contributed by atoms with Gasteiger partial charge in [0.05, 0.1) is 12.7 Å². The van der Waals surface area contributed by atoms with E-state index in [-0.39, 0.29) is 5.97 Å². The second kappa shape index (κ2) is 9.39. The molecule has 0 aliphatic rings. The molecule has 0 N–H and O–H groups in total. The Morgan fingerprint density at radius 2 is 1.56 bits per heavy atom. The first-order chi connectivity index (χ1) is 13.3. The standard InChI is InChI=1S/C24H22O3/c1-26-24(25)22-16-14-19(15-17-22)10-7-12-21-11-5-6-13-23(21)27-18-20-8-3-2-4-9-20/h2-9,11-17H,10,18H2,1H3/b12-7+. The smallest absolute Gasteiger partial charge is 0.337 e. The number of carbonyl (C=O) groups is 1. The Morgan fingerprint density at radius 3 is 2.30 bits per heavy atom. The third kappa shape index (κ3) is 5.32. The molecule has 3 heteroatoms. The van der Waals surface area contributed by atoms with Crippen molar-refractivity contribution in [1.82, 2.24) is 0 Å². The lowest BCUT2D eigenvalue weighted by Crippen LogP contribution is -2.00. The van der Waals surface area contributed by atoms with Crippen molar-refractivity contribution in [3.05, 3.63) is 107 Å². The number of hydrogen-bond donors (Lipinski definition) is 0. The highest BCUT2D eigenvalue weighted by molar-refractivity contribution is 5.89. The minimum atomic E-state index is -0.318. The number of allylic oxidation sites excluding steroid dienone is 1. The summed E-state index contributed by atoms with van der Waals surface area (Å²) in [5.74, 6) is 0.542. The van der Waals surface area contributed by atoms with Gasteiger partial charge in [0.2, 0.25) is 0 Å². The van der Waals surface area contributed by atoms with Gasteiger partial charge in [-0.05, 0) is 35.7 Å². The Bertz CT molecular complexity index is 896. The number of ether oxygens (including phenoxy) is 2. The molecule has 3 rings (SSSR count). The van der Waals surface area contributed by atoms with E-state index in [1.807, 2.05) is 54.6 Å². The summed E-state index contributed by atoms with van der Waals surface area (Å²) in [4.78, 5) is 11.5. The number of methoxy groups -OCH3 is 1. The molecule has 0 atom stereocenters. The summed E-state index contributed by atoms with van der Waals surface area (Å²) >= 11 is 0. The molecule has 0 heterocycles. The van der Waals surface area contributed by atoms with Gasteiger partial charge in [-0.2, -0.15) is 0 Å². The van der Waals surface area contributed by atoms with Gasteiger partial charge in [0.15, 0.2) is 0 Å². The van der Waals surface area contributed by atoms with Crippen molar-refractivity contribution in [3.8, 4) is 5.75 Å². The Labute approximate surface area is 159 Å². The summed E-state index contributed by atoms with van der Waals surface area (Å²) in [7, 11) is 1.39. The minimum absolute atomic E-state index is 0.318. The number of hydrogen-bond acceptors (Lipinski definition) is 3. The largest absolute Gasteiger partial charge is 0.488 e. The van der Waals surface area contributed by atoms with Gasteiger partial charge < -0.3 is 9.47 Å². The molecule has 0 saturated carbocycles. The predicted molar refractivity (Wildman–Crippen MR) is 108 cm³/mol.